The third kappa shape index (κ3) is 7.80. The Hall–Kier alpha value is -2.39. The summed E-state index contributed by atoms with van der Waals surface area (Å²) in [6.45, 7) is 10.8. The molecule has 0 radical (unpaired) electrons. The van der Waals surface area contributed by atoms with E-state index in [2.05, 4.69) is 31.9 Å². The number of methoxy groups -OCH3 is 1. The number of rotatable bonds is 14. The number of carbonyl (C=O) groups excluding carboxylic acids is 1. The van der Waals surface area contributed by atoms with Gasteiger partial charge in [-0.15, -0.1) is 17.9 Å². The van der Waals surface area contributed by atoms with Crippen molar-refractivity contribution in [3.8, 4) is 11.5 Å². The van der Waals surface area contributed by atoms with E-state index in [9.17, 15) is 9.90 Å². The zero-order chi connectivity index (χ0) is 25.2. The summed E-state index contributed by atoms with van der Waals surface area (Å²) < 4.78 is 17.1. The Morgan fingerprint density at radius 1 is 1.29 bits per heavy atom. The van der Waals surface area contributed by atoms with Crippen molar-refractivity contribution in [1.82, 2.24) is 9.80 Å². The van der Waals surface area contributed by atoms with Gasteiger partial charge in [-0.25, -0.2) is 0 Å². The van der Waals surface area contributed by atoms with Crippen LogP contribution in [0.1, 0.15) is 30.3 Å². The molecular weight excluding hydrogens is 464 g/mol. The second-order valence-electron chi connectivity index (χ2n) is 9.18. The van der Waals surface area contributed by atoms with Gasteiger partial charge in [0.1, 0.15) is 6.61 Å². The van der Waals surface area contributed by atoms with Crippen molar-refractivity contribution in [1.29, 1.82) is 0 Å². The van der Waals surface area contributed by atoms with E-state index in [1.807, 2.05) is 34.1 Å². The van der Waals surface area contributed by atoms with Crippen LogP contribution in [0, 0.1) is 5.92 Å². The van der Waals surface area contributed by atoms with Crippen molar-refractivity contribution in [3.05, 3.63) is 58.8 Å². The van der Waals surface area contributed by atoms with Gasteiger partial charge in [-0.1, -0.05) is 32.1 Å². The maximum Gasteiger partial charge on any atom is 0.237 e. The minimum absolute atomic E-state index is 0.00706. The van der Waals surface area contributed by atoms with E-state index in [0.717, 1.165) is 12.0 Å². The number of carbonyl (C=O) groups is 1. The fourth-order valence-corrected chi connectivity index (χ4v) is 5.17. The first kappa shape index (κ1) is 27.2. The second kappa shape index (κ2) is 13.6. The van der Waals surface area contributed by atoms with Gasteiger partial charge in [0.05, 0.1) is 32.4 Å². The summed E-state index contributed by atoms with van der Waals surface area (Å²) in [7, 11) is 1.62. The molecule has 0 bridgehead atoms. The highest BCUT2D eigenvalue weighted by molar-refractivity contribution is 7.10. The molecule has 1 aliphatic rings. The molecule has 1 aromatic heterocycles. The fourth-order valence-electron chi connectivity index (χ4n) is 4.24. The maximum atomic E-state index is 13.5. The Bertz CT molecular complexity index is 947. The molecule has 1 amide bonds. The Kier molecular flexibility index (Phi) is 10.6. The number of ether oxygens (including phenoxy) is 3. The molecule has 2 aromatic rings. The van der Waals surface area contributed by atoms with E-state index in [-0.39, 0.29) is 25.1 Å². The van der Waals surface area contributed by atoms with Gasteiger partial charge in [0, 0.05) is 31.1 Å². The van der Waals surface area contributed by atoms with Crippen LogP contribution in [0.2, 0.25) is 0 Å². The third-order valence-corrected chi connectivity index (χ3v) is 6.85. The molecule has 35 heavy (non-hydrogen) atoms. The van der Waals surface area contributed by atoms with E-state index in [0.29, 0.717) is 50.3 Å². The van der Waals surface area contributed by atoms with Crippen molar-refractivity contribution in [2.45, 2.75) is 32.4 Å². The molecule has 1 aromatic carbocycles. The standard InChI is InChI=1S/C27H38N2O5S/c1-5-12-28(15-21(30)18-33-17-20(2)3)16-27(31)29-13-10-26-22(11-14-35-26)23(29)19-34-25-9-7-6-8-24(25)32-4/h5-9,11,14,20-21,23,30H,1,10,12-13,15-19H2,2-4H3/t21-,23+/m1/s1. The SMILES string of the molecule is C=CCN(CC(=O)N1CCc2sccc2[C@@H]1COc1ccccc1OC)C[C@@H](O)COCC(C)C. The molecule has 2 heterocycles. The van der Waals surface area contributed by atoms with Crippen molar-refractivity contribution < 1.29 is 24.1 Å². The largest absolute Gasteiger partial charge is 0.493 e. The van der Waals surface area contributed by atoms with Crippen LogP contribution in [0.25, 0.3) is 0 Å². The number of hydrogen-bond donors (Lipinski definition) is 1. The second-order valence-corrected chi connectivity index (χ2v) is 10.2. The van der Waals surface area contributed by atoms with Gasteiger partial charge in [-0.3, -0.25) is 9.69 Å². The Morgan fingerprint density at radius 3 is 2.77 bits per heavy atom. The number of amides is 1. The van der Waals surface area contributed by atoms with Crippen molar-refractivity contribution >= 4 is 17.2 Å². The first-order chi connectivity index (χ1) is 16.9. The number of aliphatic hydroxyl groups excluding tert-OH is 1. The lowest BCUT2D eigenvalue weighted by atomic mass is 10.0. The summed E-state index contributed by atoms with van der Waals surface area (Å²) in [6, 6.07) is 9.44. The van der Waals surface area contributed by atoms with Crippen LogP contribution in [0.5, 0.6) is 11.5 Å². The molecular formula is C27H38N2O5S. The van der Waals surface area contributed by atoms with Gasteiger partial charge in [0.25, 0.3) is 0 Å². The summed E-state index contributed by atoms with van der Waals surface area (Å²) in [5.41, 5.74) is 1.14. The lowest BCUT2D eigenvalue weighted by Gasteiger charge is -2.37. The highest BCUT2D eigenvalue weighted by Crippen LogP contribution is 2.35. The molecule has 0 saturated carbocycles. The monoisotopic (exact) mass is 502 g/mol. The Morgan fingerprint density at radius 2 is 2.06 bits per heavy atom. The van der Waals surface area contributed by atoms with Gasteiger partial charge >= 0.3 is 0 Å². The molecule has 0 fully saturated rings. The van der Waals surface area contributed by atoms with E-state index in [4.69, 9.17) is 14.2 Å². The van der Waals surface area contributed by atoms with Crippen LogP contribution in [0.15, 0.2) is 48.4 Å². The zero-order valence-electron chi connectivity index (χ0n) is 21.0. The van der Waals surface area contributed by atoms with Crippen molar-refractivity contribution in [2.75, 3.05) is 53.1 Å². The first-order valence-electron chi connectivity index (χ1n) is 12.1. The first-order valence-corrected chi connectivity index (χ1v) is 13.0. The minimum atomic E-state index is -0.670. The predicted octanol–water partition coefficient (Wildman–Crippen LogP) is 3.78. The smallest absolute Gasteiger partial charge is 0.237 e. The molecule has 7 nitrogen and oxygen atoms in total. The predicted molar refractivity (Wildman–Crippen MR) is 139 cm³/mol. The highest BCUT2D eigenvalue weighted by Gasteiger charge is 2.33. The number of benzene rings is 1. The molecule has 1 aliphatic heterocycles. The fraction of sp³-hybridized carbons (Fsp3) is 0.519. The summed E-state index contributed by atoms with van der Waals surface area (Å²) >= 11 is 1.72. The van der Waals surface area contributed by atoms with Crippen LogP contribution in [-0.2, 0) is 16.0 Å². The quantitative estimate of drug-likeness (QED) is 0.397. The van der Waals surface area contributed by atoms with Crippen LogP contribution in [-0.4, -0.2) is 80.0 Å². The summed E-state index contributed by atoms with van der Waals surface area (Å²) in [5, 5.41) is 12.5. The van der Waals surface area contributed by atoms with E-state index >= 15 is 0 Å². The van der Waals surface area contributed by atoms with Gasteiger partial charge in [0.15, 0.2) is 11.5 Å². The maximum absolute atomic E-state index is 13.5. The minimum Gasteiger partial charge on any atom is -0.493 e. The summed E-state index contributed by atoms with van der Waals surface area (Å²) in [5.74, 6) is 1.73. The van der Waals surface area contributed by atoms with Gasteiger partial charge in [-0.05, 0) is 41.5 Å². The van der Waals surface area contributed by atoms with E-state index in [1.54, 1.807) is 24.5 Å². The molecule has 0 aliphatic carbocycles. The molecule has 1 N–H and O–H groups in total. The number of hydrogen-bond acceptors (Lipinski definition) is 7. The normalized spacial score (nSPS) is 16.3. The number of thiophene rings is 1. The average Bonchev–Trinajstić information content (AvgIpc) is 3.31. The molecule has 0 saturated heterocycles. The van der Waals surface area contributed by atoms with Crippen LogP contribution in [0.4, 0.5) is 0 Å². The van der Waals surface area contributed by atoms with Crippen molar-refractivity contribution in [2.24, 2.45) is 5.92 Å². The van der Waals surface area contributed by atoms with Crippen LogP contribution in [0.3, 0.4) is 0 Å². The Labute approximate surface area is 212 Å². The van der Waals surface area contributed by atoms with E-state index in [1.165, 1.54) is 4.88 Å². The molecule has 8 heteroatoms. The number of nitrogens with zero attached hydrogens (tertiary/aromatic N) is 2. The molecule has 0 unspecified atom stereocenters. The number of fused-ring (bicyclic) bond motifs is 1. The molecule has 3 rings (SSSR count). The molecule has 0 spiro atoms. The lowest BCUT2D eigenvalue weighted by molar-refractivity contribution is -0.136. The average molecular weight is 503 g/mol. The number of aliphatic hydroxyl groups is 1. The van der Waals surface area contributed by atoms with Gasteiger partial charge in [-0.2, -0.15) is 0 Å². The Balaban J connectivity index is 1.67. The highest BCUT2D eigenvalue weighted by atomic mass is 32.1. The number of para-hydroxylation sites is 2. The summed E-state index contributed by atoms with van der Waals surface area (Å²) in [4.78, 5) is 18.6. The van der Waals surface area contributed by atoms with Gasteiger partial charge < -0.3 is 24.2 Å². The topological polar surface area (TPSA) is 71.5 Å². The van der Waals surface area contributed by atoms with E-state index < -0.39 is 6.10 Å². The van der Waals surface area contributed by atoms with Gasteiger partial charge in [0.2, 0.25) is 5.91 Å². The molecule has 2 atom stereocenters. The van der Waals surface area contributed by atoms with Crippen molar-refractivity contribution in [3.63, 3.8) is 0 Å². The zero-order valence-corrected chi connectivity index (χ0v) is 21.8. The van der Waals surface area contributed by atoms with Crippen LogP contribution < -0.4 is 9.47 Å². The lowest BCUT2D eigenvalue weighted by Crippen LogP contribution is -2.48. The summed E-state index contributed by atoms with van der Waals surface area (Å²) in [6.07, 6.45) is 1.91. The molecule has 192 valence electrons. The van der Waals surface area contributed by atoms with Crippen LogP contribution >= 0.6 is 11.3 Å². The third-order valence-electron chi connectivity index (χ3n) is 5.86.